The number of nitrogens with zero attached hydrogens (tertiary/aromatic N) is 1. The Morgan fingerprint density at radius 2 is 2.00 bits per heavy atom. The van der Waals surface area contributed by atoms with Crippen molar-refractivity contribution in [3.8, 4) is 0 Å². The quantitative estimate of drug-likeness (QED) is 0.723. The van der Waals surface area contributed by atoms with Crippen LogP contribution in [-0.2, 0) is 11.3 Å². The molecule has 0 aliphatic carbocycles. The number of carbonyl (C=O) groups is 1. The zero-order valence-electron chi connectivity index (χ0n) is 9.36. The van der Waals surface area contributed by atoms with E-state index >= 15 is 0 Å². The van der Waals surface area contributed by atoms with Gasteiger partial charge in [-0.15, -0.1) is 0 Å². The number of rotatable bonds is 2. The zero-order valence-corrected chi connectivity index (χ0v) is 9.36. The highest BCUT2D eigenvalue weighted by Crippen LogP contribution is 2.20. The first-order chi connectivity index (χ1) is 7.16. The molecule has 0 spiro atoms. The Morgan fingerprint density at radius 1 is 1.33 bits per heavy atom. The number of hydrogen-bond donors (Lipinski definition) is 0. The smallest absolute Gasteiger partial charge is 0.223 e. The number of amides is 1. The van der Waals surface area contributed by atoms with Crippen LogP contribution in [0.5, 0.6) is 0 Å². The van der Waals surface area contributed by atoms with Crippen LogP contribution in [-0.4, -0.2) is 16.8 Å². The van der Waals surface area contributed by atoms with E-state index in [1.165, 1.54) is 11.1 Å². The van der Waals surface area contributed by atoms with E-state index in [0.717, 1.165) is 13.0 Å². The van der Waals surface area contributed by atoms with Gasteiger partial charge in [-0.05, 0) is 25.8 Å². The van der Waals surface area contributed by atoms with E-state index in [-0.39, 0.29) is 0 Å². The molecule has 1 aliphatic rings. The van der Waals surface area contributed by atoms with Crippen LogP contribution in [0.3, 0.4) is 0 Å². The summed E-state index contributed by atoms with van der Waals surface area (Å²) in [7, 11) is 0. The summed E-state index contributed by atoms with van der Waals surface area (Å²) >= 11 is 0. The van der Waals surface area contributed by atoms with E-state index in [2.05, 4.69) is 38.1 Å². The normalized spacial score (nSPS) is 21.1. The SMILES string of the molecule is Cc1ccc(CN2C(=O)CCC2C)cc1. The standard InChI is InChI=1S/C13H17NO/c1-10-3-6-12(7-4-10)9-14-11(2)5-8-13(14)15/h3-4,6-7,11H,5,8-9H2,1-2H3. The van der Waals surface area contributed by atoms with Crippen LogP contribution < -0.4 is 0 Å². The molecular formula is C13H17NO. The molecule has 1 aliphatic heterocycles. The first kappa shape index (κ1) is 10.2. The number of hydrogen-bond acceptors (Lipinski definition) is 1. The van der Waals surface area contributed by atoms with Gasteiger partial charge < -0.3 is 4.90 Å². The van der Waals surface area contributed by atoms with Crippen LogP contribution in [0.2, 0.25) is 0 Å². The van der Waals surface area contributed by atoms with E-state index in [1.807, 2.05) is 4.90 Å². The van der Waals surface area contributed by atoms with Gasteiger partial charge in [-0.1, -0.05) is 29.8 Å². The van der Waals surface area contributed by atoms with Crippen molar-refractivity contribution in [3.05, 3.63) is 35.4 Å². The van der Waals surface area contributed by atoms with Crippen LogP contribution in [0, 0.1) is 6.92 Å². The molecule has 1 atom stereocenters. The van der Waals surface area contributed by atoms with Gasteiger partial charge in [0.2, 0.25) is 5.91 Å². The average Bonchev–Trinajstić information content (AvgIpc) is 2.53. The van der Waals surface area contributed by atoms with Gasteiger partial charge in [-0.25, -0.2) is 0 Å². The van der Waals surface area contributed by atoms with Crippen molar-refractivity contribution in [2.75, 3.05) is 0 Å². The van der Waals surface area contributed by atoms with Crippen LogP contribution >= 0.6 is 0 Å². The molecule has 1 heterocycles. The topological polar surface area (TPSA) is 20.3 Å². The summed E-state index contributed by atoms with van der Waals surface area (Å²) in [6.45, 7) is 4.97. The maximum Gasteiger partial charge on any atom is 0.223 e. The fourth-order valence-corrected chi connectivity index (χ4v) is 2.01. The molecule has 1 aromatic rings. The van der Waals surface area contributed by atoms with Crippen molar-refractivity contribution in [2.24, 2.45) is 0 Å². The summed E-state index contributed by atoms with van der Waals surface area (Å²) in [5.41, 5.74) is 2.49. The second-order valence-electron chi connectivity index (χ2n) is 4.39. The summed E-state index contributed by atoms with van der Waals surface area (Å²) in [5, 5.41) is 0. The first-order valence-corrected chi connectivity index (χ1v) is 5.52. The minimum atomic E-state index is 0.295. The molecule has 1 fully saturated rings. The molecule has 2 heteroatoms. The molecule has 0 aromatic heterocycles. The maximum atomic E-state index is 11.6. The second-order valence-corrected chi connectivity index (χ2v) is 4.39. The van der Waals surface area contributed by atoms with Crippen molar-refractivity contribution in [2.45, 2.75) is 39.3 Å². The molecule has 0 N–H and O–H groups in total. The average molecular weight is 203 g/mol. The third-order valence-electron chi connectivity index (χ3n) is 3.10. The first-order valence-electron chi connectivity index (χ1n) is 5.52. The van der Waals surface area contributed by atoms with Crippen LogP contribution in [0.4, 0.5) is 0 Å². The molecule has 2 nitrogen and oxygen atoms in total. The Kier molecular flexibility index (Phi) is 2.76. The Hall–Kier alpha value is -1.31. The Morgan fingerprint density at radius 3 is 2.53 bits per heavy atom. The highest BCUT2D eigenvalue weighted by atomic mass is 16.2. The predicted molar refractivity (Wildman–Crippen MR) is 60.4 cm³/mol. The molecule has 1 unspecified atom stereocenters. The van der Waals surface area contributed by atoms with E-state index < -0.39 is 0 Å². The van der Waals surface area contributed by atoms with Gasteiger partial charge in [-0.3, -0.25) is 4.79 Å². The molecule has 80 valence electrons. The summed E-state index contributed by atoms with van der Waals surface area (Å²) in [5.74, 6) is 0.295. The van der Waals surface area contributed by atoms with Crippen LogP contribution in [0.1, 0.15) is 30.9 Å². The summed E-state index contributed by atoms with van der Waals surface area (Å²) in [6, 6.07) is 8.81. The van der Waals surface area contributed by atoms with Crippen molar-refractivity contribution in [1.82, 2.24) is 4.90 Å². The Balaban J connectivity index is 2.08. The number of aryl methyl sites for hydroxylation is 1. The highest BCUT2D eigenvalue weighted by Gasteiger charge is 2.26. The lowest BCUT2D eigenvalue weighted by Crippen LogP contribution is -2.30. The molecular weight excluding hydrogens is 186 g/mol. The fraction of sp³-hybridized carbons (Fsp3) is 0.462. The highest BCUT2D eigenvalue weighted by molar-refractivity contribution is 5.78. The van der Waals surface area contributed by atoms with E-state index in [9.17, 15) is 4.79 Å². The lowest BCUT2D eigenvalue weighted by Gasteiger charge is -2.21. The monoisotopic (exact) mass is 203 g/mol. The number of benzene rings is 1. The fourth-order valence-electron chi connectivity index (χ4n) is 2.01. The Labute approximate surface area is 90.9 Å². The molecule has 0 saturated carbocycles. The summed E-state index contributed by atoms with van der Waals surface area (Å²) in [4.78, 5) is 13.6. The van der Waals surface area contributed by atoms with Gasteiger partial charge in [0.25, 0.3) is 0 Å². The van der Waals surface area contributed by atoms with E-state index in [4.69, 9.17) is 0 Å². The third kappa shape index (κ3) is 2.20. The van der Waals surface area contributed by atoms with Crippen molar-refractivity contribution in [3.63, 3.8) is 0 Å². The van der Waals surface area contributed by atoms with Gasteiger partial charge >= 0.3 is 0 Å². The minimum Gasteiger partial charge on any atom is -0.336 e. The van der Waals surface area contributed by atoms with Crippen molar-refractivity contribution in [1.29, 1.82) is 0 Å². The zero-order chi connectivity index (χ0) is 10.8. The van der Waals surface area contributed by atoms with Crippen LogP contribution in [0.15, 0.2) is 24.3 Å². The molecule has 2 rings (SSSR count). The maximum absolute atomic E-state index is 11.6. The van der Waals surface area contributed by atoms with Gasteiger partial charge in [0, 0.05) is 19.0 Å². The number of carbonyl (C=O) groups excluding carboxylic acids is 1. The molecule has 0 radical (unpaired) electrons. The van der Waals surface area contributed by atoms with E-state index in [0.29, 0.717) is 18.4 Å². The van der Waals surface area contributed by atoms with Crippen molar-refractivity contribution < 1.29 is 4.79 Å². The molecule has 1 aromatic carbocycles. The van der Waals surface area contributed by atoms with Gasteiger partial charge in [0.05, 0.1) is 0 Å². The van der Waals surface area contributed by atoms with Gasteiger partial charge in [0.1, 0.15) is 0 Å². The molecule has 0 bridgehead atoms. The predicted octanol–water partition coefficient (Wildman–Crippen LogP) is 2.51. The number of likely N-dealkylation sites (tertiary alicyclic amines) is 1. The second kappa shape index (κ2) is 4.05. The minimum absolute atomic E-state index is 0.295. The Bertz CT molecular complexity index is 355. The van der Waals surface area contributed by atoms with Crippen molar-refractivity contribution >= 4 is 5.91 Å². The molecule has 15 heavy (non-hydrogen) atoms. The largest absolute Gasteiger partial charge is 0.336 e. The molecule has 1 amide bonds. The lowest BCUT2D eigenvalue weighted by molar-refractivity contribution is -0.129. The summed E-state index contributed by atoms with van der Waals surface area (Å²) in [6.07, 6.45) is 1.72. The van der Waals surface area contributed by atoms with E-state index in [1.54, 1.807) is 0 Å². The molecule has 1 saturated heterocycles. The third-order valence-corrected chi connectivity index (χ3v) is 3.10. The van der Waals surface area contributed by atoms with Gasteiger partial charge in [0.15, 0.2) is 0 Å². The van der Waals surface area contributed by atoms with Crippen LogP contribution in [0.25, 0.3) is 0 Å². The summed E-state index contributed by atoms with van der Waals surface area (Å²) < 4.78 is 0. The lowest BCUT2D eigenvalue weighted by atomic mass is 10.1. The van der Waals surface area contributed by atoms with Gasteiger partial charge in [-0.2, -0.15) is 0 Å².